The molecular weight excluding hydrogens is 759 g/mol. The maximum Gasteiger partial charge on any atom is 0.338 e. The molecule has 3 unspecified atom stereocenters. The number of nitrogens with zero attached hydrogens (tertiary/aromatic N) is 1. The average molecular weight is 809 g/mol. The Bertz CT molecular complexity index is 1740. The number of phenolic OH excluding ortho intramolecular Hbond substituents is 6. The molecule has 0 aliphatic carbocycles. The fourth-order valence-electron chi connectivity index (χ4n) is 5.48. The number of aromatic hydroxyl groups is 6. The van der Waals surface area contributed by atoms with Gasteiger partial charge in [-0.25, -0.2) is 15.0 Å². The second-order valence-corrected chi connectivity index (χ2v) is 12.4. The Kier molecular flexibility index (Phi) is 17.5. The quantitative estimate of drug-likeness (QED) is 0.0204. The summed E-state index contributed by atoms with van der Waals surface area (Å²) in [5.74, 6) is -0.0430. The predicted molar refractivity (Wildman–Crippen MR) is 197 cm³/mol. The van der Waals surface area contributed by atoms with E-state index in [1.54, 1.807) is 0 Å². The molecule has 3 aromatic rings. The van der Waals surface area contributed by atoms with Crippen LogP contribution in [0.3, 0.4) is 0 Å². The number of fused-ring (bicyclic) bond motifs is 1. The zero-order chi connectivity index (χ0) is 41.3. The third-order valence-electron chi connectivity index (χ3n) is 8.03. The second-order valence-electron chi connectivity index (χ2n) is 12.4. The number of esters is 1. The summed E-state index contributed by atoms with van der Waals surface area (Å²) in [5.41, 5.74) is 11.1. The van der Waals surface area contributed by atoms with Gasteiger partial charge in [0.2, 0.25) is 0 Å². The fourth-order valence-corrected chi connectivity index (χ4v) is 5.48. The molecule has 0 fully saturated rings. The van der Waals surface area contributed by atoms with Gasteiger partial charge in [0, 0.05) is 36.5 Å². The van der Waals surface area contributed by atoms with Crippen LogP contribution in [0.25, 0.3) is 0 Å². The Morgan fingerprint density at radius 2 is 1.32 bits per heavy atom. The van der Waals surface area contributed by atoms with Gasteiger partial charge in [-0.3, -0.25) is 0 Å². The predicted octanol–water partition coefficient (Wildman–Crippen LogP) is 1.49. The zero-order valence-electron chi connectivity index (χ0n) is 31.0. The van der Waals surface area contributed by atoms with Crippen molar-refractivity contribution in [2.75, 3.05) is 85.8 Å². The molecule has 0 saturated heterocycles. The van der Waals surface area contributed by atoms with Gasteiger partial charge in [0.15, 0.2) is 29.5 Å². The highest BCUT2D eigenvalue weighted by molar-refractivity contribution is 5.90. The lowest BCUT2D eigenvalue weighted by atomic mass is 9.90. The molecule has 0 aromatic heterocycles. The van der Waals surface area contributed by atoms with Crippen molar-refractivity contribution in [1.29, 1.82) is 0 Å². The van der Waals surface area contributed by atoms with Gasteiger partial charge in [-0.1, -0.05) is 0 Å². The molecule has 3 atom stereocenters. The summed E-state index contributed by atoms with van der Waals surface area (Å²) >= 11 is 0. The minimum Gasteiger partial charge on any atom is -0.508 e. The molecule has 0 saturated carbocycles. The van der Waals surface area contributed by atoms with Gasteiger partial charge < -0.3 is 85.0 Å². The molecule has 4 rings (SSSR count). The molecule has 314 valence electrons. The molecule has 3 aromatic carbocycles. The van der Waals surface area contributed by atoms with Crippen LogP contribution in [0, 0.1) is 5.82 Å². The SMILES string of the molecule is NCCOCCOCCOCCOCCOCCN(N)/C=C(\N)COC1c2c(O)cc(O)cc2OC(c2cc(O)c(O)c(O)c2)C1OC(=O)c1cc(O)cc(F)c1. The van der Waals surface area contributed by atoms with E-state index >= 15 is 0 Å². The molecule has 0 spiro atoms. The second kappa shape index (κ2) is 22.4. The van der Waals surface area contributed by atoms with Gasteiger partial charge in [0.1, 0.15) is 34.9 Å². The largest absolute Gasteiger partial charge is 0.508 e. The number of carbonyl (C=O) groups is 1. The highest BCUT2D eigenvalue weighted by Crippen LogP contribution is 2.51. The highest BCUT2D eigenvalue weighted by atomic mass is 19.1. The first-order valence-electron chi connectivity index (χ1n) is 17.7. The summed E-state index contributed by atoms with van der Waals surface area (Å²) in [6.07, 6.45) is -3.15. The average Bonchev–Trinajstić information content (AvgIpc) is 3.15. The smallest absolute Gasteiger partial charge is 0.338 e. The molecule has 0 bridgehead atoms. The minimum absolute atomic E-state index is 0.0534. The topological polar surface area (TPSA) is 294 Å². The van der Waals surface area contributed by atoms with Gasteiger partial charge in [-0.15, -0.1) is 0 Å². The van der Waals surface area contributed by atoms with Crippen LogP contribution in [0.4, 0.5) is 4.39 Å². The van der Waals surface area contributed by atoms with Crippen LogP contribution in [0.5, 0.6) is 40.2 Å². The van der Waals surface area contributed by atoms with E-state index in [4.69, 9.17) is 55.2 Å². The molecule has 1 aliphatic rings. The number of phenols is 6. The molecule has 0 radical (unpaired) electrons. The van der Waals surface area contributed by atoms with Crippen molar-refractivity contribution in [1.82, 2.24) is 5.01 Å². The van der Waals surface area contributed by atoms with E-state index in [0.717, 1.165) is 42.5 Å². The van der Waals surface area contributed by atoms with Crippen LogP contribution in [0.1, 0.15) is 33.7 Å². The highest BCUT2D eigenvalue weighted by Gasteiger charge is 2.45. The van der Waals surface area contributed by atoms with Gasteiger partial charge in [-0.05, 0) is 24.3 Å². The Labute approximate surface area is 327 Å². The van der Waals surface area contributed by atoms with Crippen LogP contribution in [-0.4, -0.2) is 133 Å². The van der Waals surface area contributed by atoms with E-state index in [2.05, 4.69) is 0 Å². The van der Waals surface area contributed by atoms with E-state index in [1.807, 2.05) is 0 Å². The summed E-state index contributed by atoms with van der Waals surface area (Å²) in [6.45, 7) is 4.17. The van der Waals surface area contributed by atoms with Gasteiger partial charge >= 0.3 is 5.97 Å². The number of rotatable bonds is 24. The Hall–Kier alpha value is -5.32. The molecule has 20 heteroatoms. The van der Waals surface area contributed by atoms with Crippen molar-refractivity contribution in [2.45, 2.75) is 18.3 Å². The third-order valence-corrected chi connectivity index (χ3v) is 8.03. The first-order valence-corrected chi connectivity index (χ1v) is 17.7. The normalized spacial score (nSPS) is 16.5. The van der Waals surface area contributed by atoms with Crippen LogP contribution < -0.4 is 22.0 Å². The molecule has 19 nitrogen and oxygen atoms in total. The summed E-state index contributed by atoms with van der Waals surface area (Å²) < 4.78 is 59.1. The van der Waals surface area contributed by atoms with Gasteiger partial charge in [0.25, 0.3) is 0 Å². The van der Waals surface area contributed by atoms with E-state index < -0.39 is 76.8 Å². The Morgan fingerprint density at radius 3 is 1.89 bits per heavy atom. The van der Waals surface area contributed by atoms with Crippen LogP contribution in [0.2, 0.25) is 0 Å². The monoisotopic (exact) mass is 808 g/mol. The van der Waals surface area contributed by atoms with Crippen LogP contribution >= 0.6 is 0 Å². The zero-order valence-corrected chi connectivity index (χ0v) is 31.0. The van der Waals surface area contributed by atoms with Crippen molar-refractivity contribution in [3.63, 3.8) is 0 Å². The fraction of sp³-hybridized carbons (Fsp3) is 0.432. The van der Waals surface area contributed by atoms with Crippen molar-refractivity contribution >= 4 is 5.97 Å². The number of hydrazine groups is 1. The summed E-state index contributed by atoms with van der Waals surface area (Å²) in [7, 11) is 0. The molecule has 0 amide bonds. The van der Waals surface area contributed by atoms with Crippen LogP contribution in [-0.2, 0) is 33.2 Å². The Balaban J connectivity index is 1.36. The van der Waals surface area contributed by atoms with Crippen molar-refractivity contribution in [3.8, 4) is 40.2 Å². The van der Waals surface area contributed by atoms with E-state index in [1.165, 1.54) is 11.2 Å². The first kappa shape index (κ1) is 44.4. The maximum atomic E-state index is 14.1. The van der Waals surface area contributed by atoms with E-state index in [9.17, 15) is 39.8 Å². The van der Waals surface area contributed by atoms with Gasteiger partial charge in [-0.2, -0.15) is 0 Å². The van der Waals surface area contributed by atoms with E-state index in [0.29, 0.717) is 59.4 Å². The number of benzene rings is 3. The first-order chi connectivity index (χ1) is 27.4. The standard InChI is InChI=1S/C37H49FN4O15/c38-24-13-23(14-26(43)17-24)37(49)57-36-34(22-15-29(46)33(48)30(47)16-22)56-31-19-27(44)18-28(45)32(31)35(36)55-21-25(40)20-42(41)2-4-51-6-8-53-10-12-54-11-9-52-7-5-50-3-1-39/h13-20,34-36,43-48H,1-12,21,39-41H2/b25-20-. The summed E-state index contributed by atoms with van der Waals surface area (Å²) in [5, 5.41) is 62.9. The number of ether oxygens (including phenoxy) is 8. The van der Waals surface area contributed by atoms with Crippen LogP contribution in [0.15, 0.2) is 54.4 Å². The van der Waals surface area contributed by atoms with Gasteiger partial charge in [0.05, 0.1) is 96.0 Å². The molecule has 57 heavy (non-hydrogen) atoms. The number of halogens is 1. The minimum atomic E-state index is -1.59. The number of hydrogen-bond acceptors (Lipinski definition) is 19. The number of carbonyl (C=O) groups excluding carboxylic acids is 1. The maximum absolute atomic E-state index is 14.1. The van der Waals surface area contributed by atoms with Crippen molar-refractivity contribution < 1.29 is 77.7 Å². The summed E-state index contributed by atoms with van der Waals surface area (Å²) in [4.78, 5) is 13.4. The molecule has 1 aliphatic heterocycles. The number of hydrogen-bond donors (Lipinski definition) is 9. The van der Waals surface area contributed by atoms with E-state index in [-0.39, 0.29) is 42.3 Å². The number of nitrogens with two attached hydrogens (primary N) is 3. The molecular formula is C37H49FN4O15. The van der Waals surface area contributed by atoms with Crippen molar-refractivity contribution in [3.05, 3.63) is 76.9 Å². The lowest BCUT2D eigenvalue weighted by Crippen LogP contribution is -2.40. The molecule has 1 heterocycles. The lowest BCUT2D eigenvalue weighted by molar-refractivity contribution is -0.106. The molecule has 12 N–H and O–H groups in total. The third kappa shape index (κ3) is 13.7. The lowest BCUT2D eigenvalue weighted by Gasteiger charge is -2.39. The Morgan fingerprint density at radius 1 is 0.754 bits per heavy atom. The van der Waals surface area contributed by atoms with Crippen molar-refractivity contribution in [2.24, 2.45) is 17.3 Å². The summed E-state index contributed by atoms with van der Waals surface area (Å²) in [6, 6.07) is 6.70.